The fourth-order valence-electron chi connectivity index (χ4n) is 4.02. The van der Waals surface area contributed by atoms with E-state index in [1.165, 1.54) is 31.5 Å². The zero-order valence-electron chi connectivity index (χ0n) is 18.4. The number of benzene rings is 1. The van der Waals surface area contributed by atoms with Gasteiger partial charge in [0.15, 0.2) is 5.96 Å². The molecule has 162 valence electrons. The molecule has 2 fully saturated rings. The number of likely N-dealkylation sites (tertiary alicyclic amines) is 1. The van der Waals surface area contributed by atoms with Crippen LogP contribution in [0, 0.1) is 12.8 Å². The van der Waals surface area contributed by atoms with Crippen LogP contribution in [0.3, 0.4) is 0 Å². The number of rotatable bonds is 8. The quantitative estimate of drug-likeness (QED) is 0.517. The van der Waals surface area contributed by atoms with Gasteiger partial charge in [0.2, 0.25) is 0 Å². The van der Waals surface area contributed by atoms with E-state index in [9.17, 15) is 0 Å². The molecule has 0 aromatic heterocycles. The summed E-state index contributed by atoms with van der Waals surface area (Å²) in [4.78, 5) is 7.37. The Balaban J connectivity index is 1.56. The molecule has 2 unspecified atom stereocenters. The van der Waals surface area contributed by atoms with Crippen LogP contribution >= 0.6 is 0 Å². The van der Waals surface area contributed by atoms with E-state index in [2.05, 4.69) is 54.5 Å². The van der Waals surface area contributed by atoms with Crippen molar-refractivity contribution in [2.24, 2.45) is 10.9 Å². The standard InChI is InChI=1S/C23H38N4O2/c1-4-24-23(25-10-12-27-11-5-6-19(3)16-27)26-15-20-8-7-18(2)14-22(20)29-21-9-13-28-17-21/h7-8,14,19,21H,4-6,9-13,15-17H2,1-3H3,(H2,24,25,26). The Morgan fingerprint density at radius 2 is 2.21 bits per heavy atom. The number of aryl methyl sites for hydroxylation is 1. The molecule has 1 aromatic carbocycles. The summed E-state index contributed by atoms with van der Waals surface area (Å²) in [6.45, 7) is 13.9. The molecule has 29 heavy (non-hydrogen) atoms. The van der Waals surface area contributed by atoms with Crippen LogP contribution in [0.5, 0.6) is 5.75 Å². The van der Waals surface area contributed by atoms with E-state index < -0.39 is 0 Å². The molecule has 0 spiro atoms. The predicted octanol–water partition coefficient (Wildman–Crippen LogP) is 2.95. The summed E-state index contributed by atoms with van der Waals surface area (Å²) in [5.41, 5.74) is 2.32. The molecule has 2 aliphatic rings. The van der Waals surface area contributed by atoms with E-state index in [1.54, 1.807) is 0 Å². The van der Waals surface area contributed by atoms with E-state index in [1.807, 2.05) is 0 Å². The average molecular weight is 403 g/mol. The van der Waals surface area contributed by atoms with Crippen molar-refractivity contribution in [2.45, 2.75) is 52.7 Å². The van der Waals surface area contributed by atoms with Crippen molar-refractivity contribution in [1.82, 2.24) is 15.5 Å². The summed E-state index contributed by atoms with van der Waals surface area (Å²) in [6.07, 6.45) is 3.79. The van der Waals surface area contributed by atoms with Gasteiger partial charge in [0.25, 0.3) is 0 Å². The SMILES string of the molecule is CCNC(=NCc1ccc(C)cc1OC1CCOC1)NCCN1CCCC(C)C1. The van der Waals surface area contributed by atoms with E-state index in [4.69, 9.17) is 14.5 Å². The maximum absolute atomic E-state index is 6.21. The molecule has 3 rings (SSSR count). The molecular formula is C23H38N4O2. The first-order valence-electron chi connectivity index (χ1n) is 11.2. The van der Waals surface area contributed by atoms with Gasteiger partial charge in [-0.1, -0.05) is 19.1 Å². The number of aliphatic imine (C=N–C) groups is 1. The molecule has 0 saturated carbocycles. The van der Waals surface area contributed by atoms with Crippen molar-refractivity contribution in [3.05, 3.63) is 29.3 Å². The van der Waals surface area contributed by atoms with Crippen molar-refractivity contribution in [1.29, 1.82) is 0 Å². The third-order valence-electron chi connectivity index (χ3n) is 5.62. The lowest BCUT2D eigenvalue weighted by Crippen LogP contribution is -2.43. The molecule has 2 saturated heterocycles. The van der Waals surface area contributed by atoms with Gasteiger partial charge in [0.1, 0.15) is 11.9 Å². The lowest BCUT2D eigenvalue weighted by molar-refractivity contribution is 0.140. The van der Waals surface area contributed by atoms with Gasteiger partial charge in [-0.15, -0.1) is 0 Å². The molecule has 1 aromatic rings. The summed E-state index contributed by atoms with van der Waals surface area (Å²) in [5.74, 6) is 2.62. The number of hydrogen-bond donors (Lipinski definition) is 2. The first-order valence-corrected chi connectivity index (χ1v) is 11.2. The molecule has 0 radical (unpaired) electrons. The van der Waals surface area contributed by atoms with Crippen LogP contribution in [0.2, 0.25) is 0 Å². The van der Waals surface area contributed by atoms with Gasteiger partial charge >= 0.3 is 0 Å². The van der Waals surface area contributed by atoms with Gasteiger partial charge in [-0.3, -0.25) is 0 Å². The second-order valence-corrected chi connectivity index (χ2v) is 8.38. The minimum Gasteiger partial charge on any atom is -0.488 e. The third-order valence-corrected chi connectivity index (χ3v) is 5.62. The number of nitrogens with zero attached hydrogens (tertiary/aromatic N) is 2. The fourth-order valence-corrected chi connectivity index (χ4v) is 4.02. The zero-order valence-corrected chi connectivity index (χ0v) is 18.4. The molecular weight excluding hydrogens is 364 g/mol. The Kier molecular flexibility index (Phi) is 8.62. The minimum atomic E-state index is 0.151. The monoisotopic (exact) mass is 402 g/mol. The first kappa shape index (κ1) is 21.9. The molecule has 0 bridgehead atoms. The maximum Gasteiger partial charge on any atom is 0.191 e. The second-order valence-electron chi connectivity index (χ2n) is 8.38. The molecule has 2 N–H and O–H groups in total. The maximum atomic E-state index is 6.21. The number of nitrogens with one attached hydrogen (secondary N) is 2. The van der Waals surface area contributed by atoms with E-state index in [0.29, 0.717) is 13.2 Å². The lowest BCUT2D eigenvalue weighted by Gasteiger charge is -2.30. The number of guanidine groups is 1. The largest absolute Gasteiger partial charge is 0.488 e. The van der Waals surface area contributed by atoms with Gasteiger partial charge in [-0.25, -0.2) is 4.99 Å². The summed E-state index contributed by atoms with van der Waals surface area (Å²) >= 11 is 0. The Morgan fingerprint density at radius 3 is 2.97 bits per heavy atom. The van der Waals surface area contributed by atoms with E-state index >= 15 is 0 Å². The summed E-state index contributed by atoms with van der Waals surface area (Å²) in [6, 6.07) is 6.37. The van der Waals surface area contributed by atoms with Crippen molar-refractivity contribution < 1.29 is 9.47 Å². The molecule has 6 nitrogen and oxygen atoms in total. The third kappa shape index (κ3) is 7.19. The van der Waals surface area contributed by atoms with E-state index in [-0.39, 0.29) is 6.10 Å². The lowest BCUT2D eigenvalue weighted by atomic mass is 10.0. The van der Waals surface area contributed by atoms with E-state index in [0.717, 1.165) is 55.9 Å². The van der Waals surface area contributed by atoms with Crippen LogP contribution in [0.4, 0.5) is 0 Å². The van der Waals surface area contributed by atoms with Crippen molar-refractivity contribution in [2.75, 3.05) is 45.9 Å². The minimum absolute atomic E-state index is 0.151. The Bertz CT molecular complexity index is 658. The highest BCUT2D eigenvalue weighted by molar-refractivity contribution is 5.79. The van der Waals surface area contributed by atoms with Gasteiger partial charge in [0.05, 0.1) is 19.8 Å². The number of piperidine rings is 1. The molecule has 2 aliphatic heterocycles. The molecule has 6 heteroatoms. The highest BCUT2D eigenvalue weighted by atomic mass is 16.5. The van der Waals surface area contributed by atoms with Crippen molar-refractivity contribution >= 4 is 5.96 Å². The number of ether oxygens (including phenoxy) is 2. The van der Waals surface area contributed by atoms with Crippen LogP contribution in [0.15, 0.2) is 23.2 Å². The zero-order chi connectivity index (χ0) is 20.5. The van der Waals surface area contributed by atoms with Crippen LogP contribution in [0.1, 0.15) is 44.2 Å². The van der Waals surface area contributed by atoms with Crippen molar-refractivity contribution in [3.8, 4) is 5.75 Å². The van der Waals surface area contributed by atoms with Crippen LogP contribution in [-0.2, 0) is 11.3 Å². The van der Waals surface area contributed by atoms with Crippen LogP contribution in [-0.4, -0.2) is 62.9 Å². The van der Waals surface area contributed by atoms with Crippen molar-refractivity contribution in [3.63, 3.8) is 0 Å². The Hall–Kier alpha value is -1.79. The fraction of sp³-hybridized carbons (Fsp3) is 0.696. The number of hydrogen-bond acceptors (Lipinski definition) is 4. The van der Waals surface area contributed by atoms with Crippen LogP contribution in [0.25, 0.3) is 0 Å². The topological polar surface area (TPSA) is 58.1 Å². The van der Waals surface area contributed by atoms with Gasteiger partial charge < -0.3 is 25.0 Å². The first-order chi connectivity index (χ1) is 14.1. The molecule has 2 heterocycles. The summed E-state index contributed by atoms with van der Waals surface area (Å²) < 4.78 is 11.7. The van der Waals surface area contributed by atoms with Gasteiger partial charge in [0, 0.05) is 38.2 Å². The smallest absolute Gasteiger partial charge is 0.191 e. The molecule has 2 atom stereocenters. The summed E-state index contributed by atoms with van der Waals surface area (Å²) in [7, 11) is 0. The van der Waals surface area contributed by atoms with Gasteiger partial charge in [-0.2, -0.15) is 0 Å². The van der Waals surface area contributed by atoms with Crippen LogP contribution < -0.4 is 15.4 Å². The second kappa shape index (κ2) is 11.4. The Morgan fingerprint density at radius 1 is 1.31 bits per heavy atom. The summed E-state index contributed by atoms with van der Waals surface area (Å²) in [5, 5.41) is 6.86. The highest BCUT2D eigenvalue weighted by Crippen LogP contribution is 2.24. The predicted molar refractivity (Wildman–Crippen MR) is 119 cm³/mol. The average Bonchev–Trinajstić information content (AvgIpc) is 3.20. The molecule has 0 aliphatic carbocycles. The normalized spacial score (nSPS) is 23.2. The molecule has 0 amide bonds. The van der Waals surface area contributed by atoms with Gasteiger partial charge in [-0.05, 0) is 50.8 Å². The Labute approximate surface area is 176 Å². The highest BCUT2D eigenvalue weighted by Gasteiger charge is 2.19.